The number of hydrogen-bond acceptors (Lipinski definition) is 7. The lowest BCUT2D eigenvalue weighted by Crippen LogP contribution is -2.60. The zero-order chi connectivity index (χ0) is 16.1. The lowest BCUT2D eigenvalue weighted by Gasteiger charge is -2.39. The average molecular weight is 310 g/mol. The minimum absolute atomic E-state index is 0.368. The lowest BCUT2D eigenvalue weighted by molar-refractivity contribution is -0.277. The normalized spacial score (nSPS) is 32.1. The quantitative estimate of drug-likeness (QED) is 0.410. The highest BCUT2D eigenvalue weighted by Crippen LogP contribution is 2.24. The van der Waals surface area contributed by atoms with Gasteiger partial charge in [-0.25, -0.2) is 0 Å². The SMILES string of the molecule is O=C/C=C/c1ccc(O[C@@H]2O[C@H](CO)[C@H](O)[C@H](O)[C@H]2O)cc1. The second-order valence-electron chi connectivity index (χ2n) is 4.88. The average Bonchev–Trinajstić information content (AvgIpc) is 2.54. The van der Waals surface area contributed by atoms with Crippen LogP contribution < -0.4 is 4.74 Å². The van der Waals surface area contributed by atoms with Crippen LogP contribution in [0.25, 0.3) is 6.08 Å². The molecule has 22 heavy (non-hydrogen) atoms. The number of benzene rings is 1. The van der Waals surface area contributed by atoms with Gasteiger partial charge in [-0.3, -0.25) is 4.79 Å². The van der Waals surface area contributed by atoms with Gasteiger partial charge in [0.05, 0.1) is 6.61 Å². The maximum absolute atomic E-state index is 10.2. The molecule has 1 aromatic rings. The smallest absolute Gasteiger partial charge is 0.229 e. The molecule has 0 bridgehead atoms. The van der Waals surface area contributed by atoms with E-state index in [-0.39, 0.29) is 0 Å². The van der Waals surface area contributed by atoms with E-state index in [1.165, 1.54) is 6.08 Å². The first-order chi connectivity index (χ1) is 10.6. The topological polar surface area (TPSA) is 116 Å². The second-order valence-corrected chi connectivity index (χ2v) is 4.88. The highest BCUT2D eigenvalue weighted by Gasteiger charge is 2.44. The molecule has 1 aromatic carbocycles. The van der Waals surface area contributed by atoms with E-state index in [0.29, 0.717) is 12.0 Å². The van der Waals surface area contributed by atoms with Gasteiger partial charge in [0, 0.05) is 0 Å². The molecule has 1 fully saturated rings. The number of carbonyl (C=O) groups excluding carboxylic acids is 1. The maximum atomic E-state index is 10.2. The summed E-state index contributed by atoms with van der Waals surface area (Å²) in [7, 11) is 0. The van der Waals surface area contributed by atoms with Crippen molar-refractivity contribution in [2.75, 3.05) is 6.61 Å². The fraction of sp³-hybridized carbons (Fsp3) is 0.400. The van der Waals surface area contributed by atoms with Crippen molar-refractivity contribution in [2.24, 2.45) is 0 Å². The number of carbonyl (C=O) groups is 1. The van der Waals surface area contributed by atoms with Crippen LogP contribution >= 0.6 is 0 Å². The number of aliphatic hydroxyl groups is 4. The molecule has 7 nitrogen and oxygen atoms in total. The second kappa shape index (κ2) is 7.48. The Morgan fingerprint density at radius 2 is 1.77 bits per heavy atom. The van der Waals surface area contributed by atoms with Crippen molar-refractivity contribution >= 4 is 12.4 Å². The predicted molar refractivity (Wildman–Crippen MR) is 75.9 cm³/mol. The molecule has 1 heterocycles. The zero-order valence-electron chi connectivity index (χ0n) is 11.6. The maximum Gasteiger partial charge on any atom is 0.229 e. The van der Waals surface area contributed by atoms with Crippen molar-refractivity contribution in [3.8, 4) is 5.75 Å². The van der Waals surface area contributed by atoms with E-state index in [1.54, 1.807) is 30.3 Å². The van der Waals surface area contributed by atoms with Crippen LogP contribution in [0.2, 0.25) is 0 Å². The number of aldehydes is 1. The first kappa shape index (κ1) is 16.6. The van der Waals surface area contributed by atoms with Crippen LogP contribution in [0.3, 0.4) is 0 Å². The van der Waals surface area contributed by atoms with Crippen LogP contribution in [0.15, 0.2) is 30.3 Å². The van der Waals surface area contributed by atoms with Crippen LogP contribution in [-0.4, -0.2) is 64.0 Å². The molecule has 0 aliphatic carbocycles. The van der Waals surface area contributed by atoms with Crippen molar-refractivity contribution in [1.29, 1.82) is 0 Å². The summed E-state index contributed by atoms with van der Waals surface area (Å²) in [6.07, 6.45) is -2.95. The summed E-state index contributed by atoms with van der Waals surface area (Å²) in [5.74, 6) is 0.368. The molecule has 0 saturated carbocycles. The molecular formula is C15H18O7. The first-order valence-electron chi connectivity index (χ1n) is 6.76. The summed E-state index contributed by atoms with van der Waals surface area (Å²) in [6.45, 7) is -0.514. The third kappa shape index (κ3) is 3.70. The Morgan fingerprint density at radius 1 is 1.09 bits per heavy atom. The molecular weight excluding hydrogens is 292 g/mol. The Labute approximate surface area is 127 Å². The predicted octanol–water partition coefficient (Wildman–Crippen LogP) is -0.923. The number of ether oxygens (including phenoxy) is 2. The Morgan fingerprint density at radius 3 is 2.36 bits per heavy atom. The fourth-order valence-electron chi connectivity index (χ4n) is 2.11. The lowest BCUT2D eigenvalue weighted by atomic mass is 9.99. The molecule has 4 N–H and O–H groups in total. The van der Waals surface area contributed by atoms with E-state index in [1.807, 2.05) is 0 Å². The number of rotatable bonds is 5. The van der Waals surface area contributed by atoms with Crippen molar-refractivity contribution in [1.82, 2.24) is 0 Å². The summed E-state index contributed by atoms with van der Waals surface area (Å²) < 4.78 is 10.7. The highest BCUT2D eigenvalue weighted by molar-refractivity contribution is 5.73. The van der Waals surface area contributed by atoms with Crippen LogP contribution in [0.1, 0.15) is 5.56 Å². The van der Waals surface area contributed by atoms with E-state index in [2.05, 4.69) is 0 Å². The number of hydrogen-bond donors (Lipinski definition) is 4. The Kier molecular flexibility index (Phi) is 5.64. The number of allylic oxidation sites excluding steroid dienone is 1. The Balaban J connectivity index is 2.05. The molecule has 5 atom stereocenters. The molecule has 0 aromatic heterocycles. The van der Waals surface area contributed by atoms with E-state index < -0.39 is 37.3 Å². The van der Waals surface area contributed by atoms with Gasteiger partial charge in [0.15, 0.2) is 0 Å². The van der Waals surface area contributed by atoms with E-state index in [4.69, 9.17) is 14.6 Å². The molecule has 0 unspecified atom stereocenters. The highest BCUT2D eigenvalue weighted by atomic mass is 16.7. The molecule has 2 rings (SSSR count). The van der Waals surface area contributed by atoms with Crippen LogP contribution in [-0.2, 0) is 9.53 Å². The summed E-state index contributed by atoms with van der Waals surface area (Å²) in [4.78, 5) is 10.2. The largest absolute Gasteiger partial charge is 0.462 e. The summed E-state index contributed by atoms with van der Waals surface area (Å²) >= 11 is 0. The van der Waals surface area contributed by atoms with E-state index >= 15 is 0 Å². The van der Waals surface area contributed by atoms with Crippen molar-refractivity contribution in [2.45, 2.75) is 30.7 Å². The van der Waals surface area contributed by atoms with Crippen LogP contribution in [0.4, 0.5) is 0 Å². The van der Waals surface area contributed by atoms with Gasteiger partial charge in [0.2, 0.25) is 6.29 Å². The van der Waals surface area contributed by atoms with Gasteiger partial charge in [-0.15, -0.1) is 0 Å². The molecule has 0 amide bonds. The Hall–Kier alpha value is -1.77. The zero-order valence-corrected chi connectivity index (χ0v) is 11.6. The third-order valence-corrected chi connectivity index (χ3v) is 3.35. The van der Waals surface area contributed by atoms with Crippen molar-refractivity contribution < 1.29 is 34.7 Å². The van der Waals surface area contributed by atoms with Gasteiger partial charge < -0.3 is 29.9 Å². The van der Waals surface area contributed by atoms with Crippen LogP contribution in [0.5, 0.6) is 5.75 Å². The minimum atomic E-state index is -1.48. The Bertz CT molecular complexity index is 511. The standard InChI is InChI=1S/C15H18O7/c16-7-1-2-9-3-5-10(6-4-9)21-15-14(20)13(19)12(18)11(8-17)22-15/h1-7,11-15,17-20H,8H2/b2-1+/t11-,12+,13+,14-,15-/m1/s1. The molecule has 1 saturated heterocycles. The van der Waals surface area contributed by atoms with Gasteiger partial charge in [-0.2, -0.15) is 0 Å². The van der Waals surface area contributed by atoms with Gasteiger partial charge in [-0.1, -0.05) is 18.2 Å². The van der Waals surface area contributed by atoms with E-state index in [9.17, 15) is 20.1 Å². The third-order valence-electron chi connectivity index (χ3n) is 3.35. The summed E-state index contributed by atoms with van der Waals surface area (Å²) in [6, 6.07) is 6.59. The van der Waals surface area contributed by atoms with Crippen molar-refractivity contribution in [3.63, 3.8) is 0 Å². The van der Waals surface area contributed by atoms with Gasteiger partial charge >= 0.3 is 0 Å². The van der Waals surface area contributed by atoms with Gasteiger partial charge in [0.1, 0.15) is 36.5 Å². The van der Waals surface area contributed by atoms with Gasteiger partial charge in [0.25, 0.3) is 0 Å². The van der Waals surface area contributed by atoms with Crippen LogP contribution in [0, 0.1) is 0 Å². The minimum Gasteiger partial charge on any atom is -0.462 e. The van der Waals surface area contributed by atoms with Gasteiger partial charge in [-0.05, 0) is 23.8 Å². The fourth-order valence-corrected chi connectivity index (χ4v) is 2.11. The molecule has 1 aliphatic heterocycles. The molecule has 1 aliphatic rings. The first-order valence-corrected chi connectivity index (χ1v) is 6.76. The molecule has 0 spiro atoms. The molecule has 0 radical (unpaired) electrons. The number of aliphatic hydroxyl groups excluding tert-OH is 4. The summed E-state index contributed by atoms with van der Waals surface area (Å²) in [5, 5.41) is 38.3. The molecule has 120 valence electrons. The monoisotopic (exact) mass is 310 g/mol. The van der Waals surface area contributed by atoms with E-state index in [0.717, 1.165) is 5.56 Å². The van der Waals surface area contributed by atoms with Crippen molar-refractivity contribution in [3.05, 3.63) is 35.9 Å². The summed E-state index contributed by atoms with van der Waals surface area (Å²) in [5.41, 5.74) is 0.785. The molecule has 7 heteroatoms.